The molecule has 6 heteroatoms. The Kier molecular flexibility index (Phi) is 9.17. The first kappa shape index (κ1) is 24.0. The van der Waals surface area contributed by atoms with Crippen molar-refractivity contribution in [2.75, 3.05) is 46.0 Å². The van der Waals surface area contributed by atoms with Crippen molar-refractivity contribution in [1.29, 1.82) is 0 Å². The standard InChI is InChI=1S/C25H42N4O2/c1-4-26-24(28-18-25(9-11-30)10-12-31-19-25)27-14-22-5-7-23(8-6-22)17-29-15-20(2)13-21(3)16-29/h5-8,20-21,30H,4,9-19H2,1-3H3,(H2,26,27,28). The highest BCUT2D eigenvalue weighted by Gasteiger charge is 2.34. The molecule has 0 bridgehead atoms. The van der Waals surface area contributed by atoms with Gasteiger partial charge >= 0.3 is 0 Å². The Morgan fingerprint density at radius 3 is 2.48 bits per heavy atom. The number of benzene rings is 1. The van der Waals surface area contributed by atoms with Gasteiger partial charge < -0.3 is 20.5 Å². The molecule has 0 aliphatic carbocycles. The maximum atomic E-state index is 9.43. The number of aliphatic imine (C=N–C) groups is 1. The molecule has 3 atom stereocenters. The average Bonchev–Trinajstić information content (AvgIpc) is 3.19. The molecule has 0 aromatic heterocycles. The zero-order chi connectivity index (χ0) is 22.1. The fraction of sp³-hybridized carbons (Fsp3) is 0.720. The number of rotatable bonds is 9. The van der Waals surface area contributed by atoms with Crippen LogP contribution in [0.1, 0.15) is 51.2 Å². The van der Waals surface area contributed by atoms with E-state index < -0.39 is 0 Å². The molecule has 6 nitrogen and oxygen atoms in total. The predicted molar refractivity (Wildman–Crippen MR) is 127 cm³/mol. The molecule has 0 radical (unpaired) electrons. The van der Waals surface area contributed by atoms with Crippen LogP contribution in [-0.4, -0.2) is 62.0 Å². The van der Waals surface area contributed by atoms with Crippen molar-refractivity contribution in [2.24, 2.45) is 22.2 Å². The van der Waals surface area contributed by atoms with Gasteiger partial charge in [-0.15, -0.1) is 0 Å². The molecule has 31 heavy (non-hydrogen) atoms. The van der Waals surface area contributed by atoms with E-state index in [1.54, 1.807) is 0 Å². The first-order chi connectivity index (χ1) is 15.0. The molecule has 0 spiro atoms. The Balaban J connectivity index is 1.53. The largest absolute Gasteiger partial charge is 0.396 e. The fourth-order valence-electron chi connectivity index (χ4n) is 5.02. The smallest absolute Gasteiger partial charge is 0.191 e. The molecular formula is C25H42N4O2. The molecule has 2 fully saturated rings. The Bertz CT molecular complexity index is 675. The van der Waals surface area contributed by atoms with E-state index in [1.165, 1.54) is 30.6 Å². The van der Waals surface area contributed by atoms with E-state index in [1.807, 2.05) is 0 Å². The van der Waals surface area contributed by atoms with Crippen LogP contribution in [0.2, 0.25) is 0 Å². The summed E-state index contributed by atoms with van der Waals surface area (Å²) >= 11 is 0. The van der Waals surface area contributed by atoms with E-state index in [0.29, 0.717) is 13.2 Å². The van der Waals surface area contributed by atoms with Crippen LogP contribution in [-0.2, 0) is 17.8 Å². The van der Waals surface area contributed by atoms with Gasteiger partial charge in [-0.1, -0.05) is 38.1 Å². The van der Waals surface area contributed by atoms with E-state index >= 15 is 0 Å². The van der Waals surface area contributed by atoms with Crippen LogP contribution < -0.4 is 10.6 Å². The zero-order valence-corrected chi connectivity index (χ0v) is 19.7. The van der Waals surface area contributed by atoms with Crippen molar-refractivity contribution < 1.29 is 9.84 Å². The first-order valence-electron chi connectivity index (χ1n) is 12.0. The summed E-state index contributed by atoms with van der Waals surface area (Å²) in [4.78, 5) is 7.37. The maximum Gasteiger partial charge on any atom is 0.191 e. The lowest BCUT2D eigenvalue weighted by molar-refractivity contribution is 0.127. The maximum absolute atomic E-state index is 9.43. The molecule has 1 aromatic carbocycles. The van der Waals surface area contributed by atoms with Gasteiger partial charge in [-0.3, -0.25) is 4.90 Å². The van der Waals surface area contributed by atoms with Crippen LogP contribution in [0.3, 0.4) is 0 Å². The number of aliphatic hydroxyl groups is 1. The third kappa shape index (κ3) is 7.48. The van der Waals surface area contributed by atoms with Gasteiger partial charge in [0, 0.05) is 51.4 Å². The molecule has 2 aliphatic heterocycles. The predicted octanol–water partition coefficient (Wildman–Crippen LogP) is 3.01. The summed E-state index contributed by atoms with van der Waals surface area (Å²) in [6.07, 6.45) is 3.09. The van der Waals surface area contributed by atoms with Crippen molar-refractivity contribution >= 4 is 5.96 Å². The first-order valence-corrected chi connectivity index (χ1v) is 12.0. The number of guanidine groups is 1. The van der Waals surface area contributed by atoms with Gasteiger partial charge in [0.25, 0.3) is 0 Å². The van der Waals surface area contributed by atoms with Crippen molar-refractivity contribution in [2.45, 2.75) is 53.1 Å². The summed E-state index contributed by atoms with van der Waals surface area (Å²) in [5.41, 5.74) is 2.61. The Hall–Kier alpha value is -1.63. The lowest BCUT2D eigenvalue weighted by atomic mass is 9.84. The van der Waals surface area contributed by atoms with Crippen LogP contribution in [0.15, 0.2) is 29.3 Å². The summed E-state index contributed by atoms with van der Waals surface area (Å²) in [6.45, 7) is 14.2. The molecule has 174 valence electrons. The van der Waals surface area contributed by atoms with Crippen LogP contribution in [0, 0.1) is 17.3 Å². The molecule has 2 saturated heterocycles. The normalized spacial score (nSPS) is 27.4. The minimum absolute atomic E-state index is 0.00996. The number of piperidine rings is 1. The van der Waals surface area contributed by atoms with E-state index in [9.17, 15) is 5.11 Å². The SMILES string of the molecule is CCNC(=NCc1ccc(CN2CC(C)CC(C)C2)cc1)NCC1(CCO)CCOC1. The van der Waals surface area contributed by atoms with E-state index in [4.69, 9.17) is 9.73 Å². The van der Waals surface area contributed by atoms with Crippen LogP contribution in [0.5, 0.6) is 0 Å². The average molecular weight is 431 g/mol. The van der Waals surface area contributed by atoms with Crippen LogP contribution >= 0.6 is 0 Å². The molecule has 1 aromatic rings. The Labute approximate surface area is 188 Å². The third-order valence-electron chi connectivity index (χ3n) is 6.60. The lowest BCUT2D eigenvalue weighted by Crippen LogP contribution is -2.44. The monoisotopic (exact) mass is 430 g/mol. The number of hydrogen-bond donors (Lipinski definition) is 3. The van der Waals surface area contributed by atoms with Gasteiger partial charge in [0.2, 0.25) is 0 Å². The summed E-state index contributed by atoms with van der Waals surface area (Å²) in [5, 5.41) is 16.2. The van der Waals surface area contributed by atoms with Crippen molar-refractivity contribution in [1.82, 2.24) is 15.5 Å². The molecule has 3 unspecified atom stereocenters. The van der Waals surface area contributed by atoms with Crippen molar-refractivity contribution in [3.8, 4) is 0 Å². The van der Waals surface area contributed by atoms with Gasteiger partial charge in [0.05, 0.1) is 13.2 Å². The minimum atomic E-state index is 0.00996. The summed E-state index contributed by atoms with van der Waals surface area (Å²) in [7, 11) is 0. The van der Waals surface area contributed by atoms with E-state index in [2.05, 4.69) is 60.6 Å². The van der Waals surface area contributed by atoms with Gasteiger partial charge in [-0.25, -0.2) is 4.99 Å². The van der Waals surface area contributed by atoms with Gasteiger partial charge in [-0.05, 0) is 49.1 Å². The number of hydrogen-bond acceptors (Lipinski definition) is 4. The summed E-state index contributed by atoms with van der Waals surface area (Å²) in [6, 6.07) is 8.91. The second-order valence-electron chi connectivity index (χ2n) is 9.78. The second kappa shape index (κ2) is 11.8. The van der Waals surface area contributed by atoms with Crippen molar-refractivity contribution in [3.05, 3.63) is 35.4 Å². The Morgan fingerprint density at radius 1 is 1.16 bits per heavy atom. The van der Waals surface area contributed by atoms with Crippen molar-refractivity contribution in [3.63, 3.8) is 0 Å². The zero-order valence-electron chi connectivity index (χ0n) is 19.7. The third-order valence-corrected chi connectivity index (χ3v) is 6.60. The Morgan fingerprint density at radius 2 is 1.87 bits per heavy atom. The number of aliphatic hydroxyl groups excluding tert-OH is 1. The number of nitrogens with zero attached hydrogens (tertiary/aromatic N) is 2. The van der Waals surface area contributed by atoms with Gasteiger partial charge in [-0.2, -0.15) is 0 Å². The highest BCUT2D eigenvalue weighted by Crippen LogP contribution is 2.31. The highest BCUT2D eigenvalue weighted by molar-refractivity contribution is 5.79. The van der Waals surface area contributed by atoms with E-state index in [0.717, 1.165) is 56.9 Å². The topological polar surface area (TPSA) is 69.1 Å². The second-order valence-corrected chi connectivity index (χ2v) is 9.78. The minimum Gasteiger partial charge on any atom is -0.396 e. The number of likely N-dealkylation sites (tertiary alicyclic amines) is 1. The number of nitrogens with one attached hydrogen (secondary N) is 2. The molecule has 0 saturated carbocycles. The molecule has 3 N–H and O–H groups in total. The van der Waals surface area contributed by atoms with Crippen LogP contribution in [0.25, 0.3) is 0 Å². The molecule has 3 rings (SSSR count). The molecular weight excluding hydrogens is 388 g/mol. The molecule has 2 aliphatic rings. The summed E-state index contributed by atoms with van der Waals surface area (Å²) < 4.78 is 5.60. The van der Waals surface area contributed by atoms with E-state index in [-0.39, 0.29) is 12.0 Å². The highest BCUT2D eigenvalue weighted by atomic mass is 16.5. The summed E-state index contributed by atoms with van der Waals surface area (Å²) in [5.74, 6) is 2.41. The quantitative estimate of drug-likeness (QED) is 0.415. The molecule has 0 amide bonds. The fourth-order valence-corrected chi connectivity index (χ4v) is 5.02. The van der Waals surface area contributed by atoms with Crippen LogP contribution in [0.4, 0.5) is 0 Å². The number of ether oxygens (including phenoxy) is 1. The lowest BCUT2D eigenvalue weighted by Gasteiger charge is -2.35. The van der Waals surface area contributed by atoms with Gasteiger partial charge in [0.1, 0.15) is 0 Å². The molecule has 2 heterocycles. The van der Waals surface area contributed by atoms with Gasteiger partial charge in [0.15, 0.2) is 5.96 Å².